The first kappa shape index (κ1) is 11.5. The van der Waals surface area contributed by atoms with Gasteiger partial charge < -0.3 is 15.9 Å². The number of rotatable bonds is 3. The van der Waals surface area contributed by atoms with Gasteiger partial charge in [-0.05, 0) is 42.7 Å². The van der Waals surface area contributed by atoms with E-state index in [0.717, 1.165) is 11.1 Å². The number of aliphatic carboxylic acids is 1. The Kier molecular flexibility index (Phi) is 3.31. The second-order valence-corrected chi connectivity index (χ2v) is 3.62. The van der Waals surface area contributed by atoms with E-state index in [1.165, 1.54) is 0 Å². The zero-order valence-electron chi connectivity index (χ0n) is 8.82. The first-order chi connectivity index (χ1) is 6.97. The van der Waals surface area contributed by atoms with Gasteiger partial charge in [0.2, 0.25) is 0 Å². The Labute approximate surface area is 88.3 Å². The fourth-order valence-corrected chi connectivity index (χ4v) is 1.84. The number of phenols is 1. The smallest absolute Gasteiger partial charge is 0.312 e. The Balaban J connectivity index is 3.29. The molecule has 0 aliphatic carbocycles. The summed E-state index contributed by atoms with van der Waals surface area (Å²) in [6.07, 6.45) is 0. The number of carboxylic acid groups (broad SMARTS) is 1. The maximum absolute atomic E-state index is 11.0. The summed E-state index contributed by atoms with van der Waals surface area (Å²) in [7, 11) is 0. The quantitative estimate of drug-likeness (QED) is 0.697. The molecule has 0 bridgehead atoms. The van der Waals surface area contributed by atoms with Crippen LogP contribution in [0.2, 0.25) is 0 Å². The Morgan fingerprint density at radius 2 is 1.87 bits per heavy atom. The molecule has 0 aromatic heterocycles. The number of phenolic OH excluding ortho intramolecular Hbond substituents is 1. The third-order valence-electron chi connectivity index (χ3n) is 2.46. The molecule has 0 amide bonds. The van der Waals surface area contributed by atoms with Crippen LogP contribution in [-0.4, -0.2) is 22.7 Å². The zero-order chi connectivity index (χ0) is 11.6. The molecule has 0 fully saturated rings. The fourth-order valence-electron chi connectivity index (χ4n) is 1.84. The minimum atomic E-state index is -0.936. The summed E-state index contributed by atoms with van der Waals surface area (Å²) in [4.78, 5) is 11.0. The number of benzene rings is 1. The first-order valence-electron chi connectivity index (χ1n) is 4.70. The molecule has 1 aromatic rings. The van der Waals surface area contributed by atoms with Crippen LogP contribution in [0.5, 0.6) is 5.75 Å². The molecule has 15 heavy (non-hydrogen) atoms. The summed E-state index contributed by atoms with van der Waals surface area (Å²) >= 11 is 0. The van der Waals surface area contributed by atoms with Gasteiger partial charge in [-0.2, -0.15) is 0 Å². The summed E-state index contributed by atoms with van der Waals surface area (Å²) in [5.41, 5.74) is 7.65. The van der Waals surface area contributed by atoms with Crippen LogP contribution in [0.3, 0.4) is 0 Å². The zero-order valence-corrected chi connectivity index (χ0v) is 8.82. The Bertz CT molecular complexity index is 364. The highest BCUT2D eigenvalue weighted by Crippen LogP contribution is 2.27. The van der Waals surface area contributed by atoms with Gasteiger partial charge in [-0.15, -0.1) is 0 Å². The summed E-state index contributed by atoms with van der Waals surface area (Å²) in [6.45, 7) is 3.60. The lowest BCUT2D eigenvalue weighted by Crippen LogP contribution is -2.22. The standard InChI is InChI=1S/C11H15NO3/c1-6-3-8(13)4-7(2)10(6)9(5-12)11(14)15/h3-4,9,13H,5,12H2,1-2H3,(H,14,15). The van der Waals surface area contributed by atoms with Crippen molar-refractivity contribution in [1.82, 2.24) is 0 Å². The van der Waals surface area contributed by atoms with Crippen LogP contribution in [0.4, 0.5) is 0 Å². The van der Waals surface area contributed by atoms with Crippen molar-refractivity contribution in [2.75, 3.05) is 6.54 Å². The molecule has 0 spiro atoms. The second kappa shape index (κ2) is 4.31. The number of hydrogen-bond acceptors (Lipinski definition) is 3. The maximum atomic E-state index is 11.0. The maximum Gasteiger partial charge on any atom is 0.312 e. The van der Waals surface area contributed by atoms with E-state index in [1.54, 1.807) is 26.0 Å². The van der Waals surface area contributed by atoms with Gasteiger partial charge in [0.1, 0.15) is 5.75 Å². The molecule has 1 atom stereocenters. The Morgan fingerprint density at radius 3 is 2.20 bits per heavy atom. The van der Waals surface area contributed by atoms with Crippen molar-refractivity contribution in [1.29, 1.82) is 0 Å². The molecule has 82 valence electrons. The van der Waals surface area contributed by atoms with Gasteiger partial charge in [0, 0.05) is 6.54 Å². The third kappa shape index (κ3) is 2.27. The van der Waals surface area contributed by atoms with Crippen molar-refractivity contribution in [3.05, 3.63) is 28.8 Å². The third-order valence-corrected chi connectivity index (χ3v) is 2.46. The average molecular weight is 209 g/mol. The van der Waals surface area contributed by atoms with E-state index in [9.17, 15) is 9.90 Å². The van der Waals surface area contributed by atoms with E-state index in [2.05, 4.69) is 0 Å². The minimum absolute atomic E-state index is 0.0573. The highest BCUT2D eigenvalue weighted by Gasteiger charge is 2.22. The van der Waals surface area contributed by atoms with E-state index in [1.807, 2.05) is 0 Å². The van der Waals surface area contributed by atoms with Crippen LogP contribution < -0.4 is 5.73 Å². The van der Waals surface area contributed by atoms with Crippen LogP contribution in [0.1, 0.15) is 22.6 Å². The highest BCUT2D eigenvalue weighted by atomic mass is 16.4. The number of carbonyl (C=O) groups is 1. The molecular formula is C11H15NO3. The first-order valence-corrected chi connectivity index (χ1v) is 4.70. The van der Waals surface area contributed by atoms with Crippen molar-refractivity contribution in [2.45, 2.75) is 19.8 Å². The van der Waals surface area contributed by atoms with Gasteiger partial charge >= 0.3 is 5.97 Å². The molecule has 1 unspecified atom stereocenters. The van der Waals surface area contributed by atoms with Crippen LogP contribution in [0.15, 0.2) is 12.1 Å². The molecule has 4 heteroatoms. The fraction of sp³-hybridized carbons (Fsp3) is 0.364. The van der Waals surface area contributed by atoms with Crippen LogP contribution in [0.25, 0.3) is 0 Å². The van der Waals surface area contributed by atoms with E-state index >= 15 is 0 Å². The summed E-state index contributed by atoms with van der Waals surface area (Å²) in [5.74, 6) is -1.49. The van der Waals surface area contributed by atoms with Gasteiger partial charge in [0.05, 0.1) is 5.92 Å². The lowest BCUT2D eigenvalue weighted by atomic mass is 9.90. The molecule has 0 aliphatic rings. The minimum Gasteiger partial charge on any atom is -0.508 e. The van der Waals surface area contributed by atoms with Gasteiger partial charge in [0.25, 0.3) is 0 Å². The van der Waals surface area contributed by atoms with Crippen molar-refractivity contribution >= 4 is 5.97 Å². The predicted octanol–water partition coefficient (Wildman–Crippen LogP) is 1.14. The van der Waals surface area contributed by atoms with Crippen LogP contribution >= 0.6 is 0 Å². The SMILES string of the molecule is Cc1cc(O)cc(C)c1C(CN)C(=O)O. The van der Waals surface area contributed by atoms with Crippen molar-refractivity contribution in [2.24, 2.45) is 5.73 Å². The number of carboxylic acids is 1. The molecule has 4 N–H and O–H groups in total. The van der Waals surface area contributed by atoms with Crippen LogP contribution in [0, 0.1) is 13.8 Å². The monoisotopic (exact) mass is 209 g/mol. The molecule has 0 saturated heterocycles. The van der Waals surface area contributed by atoms with Crippen LogP contribution in [-0.2, 0) is 4.79 Å². The molecular weight excluding hydrogens is 194 g/mol. The van der Waals surface area contributed by atoms with E-state index in [4.69, 9.17) is 10.8 Å². The lowest BCUT2D eigenvalue weighted by Gasteiger charge is -2.16. The lowest BCUT2D eigenvalue weighted by molar-refractivity contribution is -0.138. The van der Waals surface area contributed by atoms with Gasteiger partial charge in [-0.1, -0.05) is 0 Å². The number of aromatic hydroxyl groups is 1. The van der Waals surface area contributed by atoms with Crippen molar-refractivity contribution in [3.63, 3.8) is 0 Å². The topological polar surface area (TPSA) is 83.5 Å². The molecule has 1 aromatic carbocycles. The average Bonchev–Trinajstić information content (AvgIpc) is 2.09. The van der Waals surface area contributed by atoms with Gasteiger partial charge in [-0.3, -0.25) is 4.79 Å². The Morgan fingerprint density at radius 1 is 1.40 bits per heavy atom. The molecule has 0 saturated carbocycles. The second-order valence-electron chi connectivity index (χ2n) is 3.62. The largest absolute Gasteiger partial charge is 0.508 e. The summed E-state index contributed by atoms with van der Waals surface area (Å²) in [5, 5.41) is 18.3. The molecule has 0 heterocycles. The van der Waals surface area contributed by atoms with E-state index in [-0.39, 0.29) is 12.3 Å². The highest BCUT2D eigenvalue weighted by molar-refractivity contribution is 5.77. The van der Waals surface area contributed by atoms with Gasteiger partial charge in [0.15, 0.2) is 0 Å². The molecule has 0 radical (unpaired) electrons. The van der Waals surface area contributed by atoms with E-state index in [0.29, 0.717) is 5.56 Å². The molecule has 0 aliphatic heterocycles. The Hall–Kier alpha value is -1.55. The van der Waals surface area contributed by atoms with Crippen molar-refractivity contribution < 1.29 is 15.0 Å². The van der Waals surface area contributed by atoms with Gasteiger partial charge in [-0.25, -0.2) is 0 Å². The molecule has 1 rings (SSSR count). The van der Waals surface area contributed by atoms with Crippen molar-refractivity contribution in [3.8, 4) is 5.75 Å². The number of hydrogen-bond donors (Lipinski definition) is 3. The normalized spacial score (nSPS) is 12.5. The number of nitrogens with two attached hydrogens (primary N) is 1. The van der Waals surface area contributed by atoms with E-state index < -0.39 is 11.9 Å². The summed E-state index contributed by atoms with van der Waals surface area (Å²) in [6, 6.07) is 3.10. The molecule has 4 nitrogen and oxygen atoms in total. The predicted molar refractivity (Wildman–Crippen MR) is 57.0 cm³/mol. The summed E-state index contributed by atoms with van der Waals surface area (Å²) < 4.78 is 0. The number of aryl methyl sites for hydroxylation is 2.